The number of Topliss-reactive ketones (excluding diaryl/α,β-unsaturated/α-hetero) is 1. The second-order valence-electron chi connectivity index (χ2n) is 7.16. The van der Waals surface area contributed by atoms with Crippen LogP contribution >= 0.6 is 0 Å². The van der Waals surface area contributed by atoms with Gasteiger partial charge < -0.3 is 14.9 Å². The van der Waals surface area contributed by atoms with Gasteiger partial charge in [0, 0.05) is 23.1 Å². The molecule has 1 aliphatic carbocycles. The van der Waals surface area contributed by atoms with Crippen molar-refractivity contribution in [2.75, 3.05) is 7.11 Å². The molecule has 0 fully saturated rings. The molecule has 0 radical (unpaired) electrons. The predicted molar refractivity (Wildman–Crippen MR) is 110 cm³/mol. The number of hydrogen-bond acceptors (Lipinski definition) is 5. The van der Waals surface area contributed by atoms with Gasteiger partial charge in [0.05, 0.1) is 31.7 Å². The molecule has 6 heteroatoms. The molecule has 148 valence electrons. The molecule has 0 saturated carbocycles. The Kier molecular flexibility index (Phi) is 5.05. The zero-order valence-corrected chi connectivity index (χ0v) is 16.3. The van der Waals surface area contributed by atoms with Gasteiger partial charge in [-0.15, -0.1) is 0 Å². The summed E-state index contributed by atoms with van der Waals surface area (Å²) < 4.78 is 5.37. The first kappa shape index (κ1) is 19.1. The number of hydrogen-bond donors (Lipinski definition) is 3. The van der Waals surface area contributed by atoms with Crippen molar-refractivity contribution in [3.05, 3.63) is 75.5 Å². The maximum absolute atomic E-state index is 12.8. The standard InChI is InChI=1S/C23H22N2O4/c1-13-5-20-16(9-22(13)29-2)7-17(23(20)28)8-19-10-21(25-24-19)14-3-4-15(11-26)18(6-14)12-27/h3-6,8-10,26-27H,7,11-12H2,1-2H3,(H,24,25)/b17-8+. The van der Waals surface area contributed by atoms with Gasteiger partial charge in [-0.2, -0.15) is 5.10 Å². The van der Waals surface area contributed by atoms with Gasteiger partial charge in [0.2, 0.25) is 0 Å². The monoisotopic (exact) mass is 390 g/mol. The third kappa shape index (κ3) is 3.48. The lowest BCUT2D eigenvalue weighted by Gasteiger charge is -2.06. The number of aliphatic hydroxyl groups is 2. The first-order valence-corrected chi connectivity index (χ1v) is 9.36. The summed E-state index contributed by atoms with van der Waals surface area (Å²) in [6, 6.07) is 11.1. The molecule has 0 aliphatic heterocycles. The van der Waals surface area contributed by atoms with Crippen LogP contribution < -0.4 is 4.74 Å². The summed E-state index contributed by atoms with van der Waals surface area (Å²) in [4.78, 5) is 12.8. The van der Waals surface area contributed by atoms with E-state index >= 15 is 0 Å². The quantitative estimate of drug-likeness (QED) is 0.582. The molecular weight excluding hydrogens is 368 g/mol. The third-order valence-corrected chi connectivity index (χ3v) is 5.31. The number of aliphatic hydroxyl groups excluding tert-OH is 2. The van der Waals surface area contributed by atoms with E-state index in [-0.39, 0.29) is 19.0 Å². The van der Waals surface area contributed by atoms with Crippen molar-refractivity contribution in [3.8, 4) is 17.0 Å². The molecule has 3 aromatic rings. The first-order chi connectivity index (χ1) is 14.0. The van der Waals surface area contributed by atoms with Crippen molar-refractivity contribution in [2.45, 2.75) is 26.6 Å². The number of aromatic amines is 1. The molecule has 1 heterocycles. The molecule has 1 aromatic heterocycles. The molecule has 4 rings (SSSR count). The van der Waals surface area contributed by atoms with Gasteiger partial charge in [0.1, 0.15) is 5.75 Å². The SMILES string of the molecule is COc1cc2c(cc1C)C(=O)/C(=C/c1cc(-c3ccc(CO)c(CO)c3)n[nH]1)C2. The number of ether oxygens (including phenoxy) is 1. The van der Waals surface area contributed by atoms with Crippen LogP contribution in [0.3, 0.4) is 0 Å². The Labute approximate surface area is 168 Å². The van der Waals surface area contributed by atoms with Gasteiger partial charge in [-0.3, -0.25) is 9.89 Å². The van der Waals surface area contributed by atoms with E-state index in [0.717, 1.165) is 33.7 Å². The van der Waals surface area contributed by atoms with Crippen LogP contribution in [-0.2, 0) is 19.6 Å². The summed E-state index contributed by atoms with van der Waals surface area (Å²) in [5, 5.41) is 26.1. The average Bonchev–Trinajstić information content (AvgIpc) is 3.32. The van der Waals surface area contributed by atoms with Crippen LogP contribution in [-0.4, -0.2) is 33.3 Å². The minimum Gasteiger partial charge on any atom is -0.496 e. The number of aryl methyl sites for hydroxylation is 1. The Morgan fingerprint density at radius 1 is 1.14 bits per heavy atom. The Balaban J connectivity index is 1.62. The number of nitrogens with zero attached hydrogens (tertiary/aromatic N) is 1. The molecular formula is C23H22N2O4. The zero-order chi connectivity index (χ0) is 20.5. The summed E-state index contributed by atoms with van der Waals surface area (Å²) in [5.41, 5.74) is 6.96. The number of ketones is 1. The normalized spacial score (nSPS) is 14.5. The number of methoxy groups -OCH3 is 1. The minimum absolute atomic E-state index is 0.0248. The van der Waals surface area contributed by atoms with Crippen molar-refractivity contribution < 1.29 is 19.7 Å². The van der Waals surface area contributed by atoms with E-state index in [1.807, 2.05) is 43.3 Å². The molecule has 6 nitrogen and oxygen atoms in total. The molecule has 3 N–H and O–H groups in total. The second kappa shape index (κ2) is 7.66. The summed E-state index contributed by atoms with van der Waals surface area (Å²) >= 11 is 0. The Morgan fingerprint density at radius 2 is 1.93 bits per heavy atom. The summed E-state index contributed by atoms with van der Waals surface area (Å²) in [7, 11) is 1.63. The van der Waals surface area contributed by atoms with E-state index in [2.05, 4.69) is 10.2 Å². The van der Waals surface area contributed by atoms with Crippen LogP contribution in [0.1, 0.15) is 38.3 Å². The van der Waals surface area contributed by atoms with Gasteiger partial charge in [-0.05, 0) is 59.5 Å². The number of allylic oxidation sites excluding steroid dienone is 1. The molecule has 0 amide bonds. The van der Waals surface area contributed by atoms with Crippen LogP contribution in [0, 0.1) is 6.92 Å². The molecule has 0 saturated heterocycles. The van der Waals surface area contributed by atoms with E-state index in [4.69, 9.17) is 4.74 Å². The molecule has 0 bridgehead atoms. The van der Waals surface area contributed by atoms with Crippen molar-refractivity contribution in [2.24, 2.45) is 0 Å². The van der Waals surface area contributed by atoms with E-state index in [1.54, 1.807) is 13.2 Å². The largest absolute Gasteiger partial charge is 0.496 e. The highest BCUT2D eigenvalue weighted by atomic mass is 16.5. The van der Waals surface area contributed by atoms with Crippen molar-refractivity contribution in [3.63, 3.8) is 0 Å². The highest BCUT2D eigenvalue weighted by molar-refractivity contribution is 6.15. The van der Waals surface area contributed by atoms with Gasteiger partial charge in [0.15, 0.2) is 5.78 Å². The lowest BCUT2D eigenvalue weighted by Crippen LogP contribution is -1.97. The molecule has 2 aromatic carbocycles. The molecule has 1 aliphatic rings. The summed E-state index contributed by atoms with van der Waals surface area (Å²) in [6.45, 7) is 1.65. The highest BCUT2D eigenvalue weighted by Crippen LogP contribution is 2.33. The van der Waals surface area contributed by atoms with Crippen LogP contribution in [0.4, 0.5) is 0 Å². The van der Waals surface area contributed by atoms with Crippen LogP contribution in [0.2, 0.25) is 0 Å². The summed E-state index contributed by atoms with van der Waals surface area (Å²) in [6.07, 6.45) is 2.38. The minimum atomic E-state index is -0.152. The first-order valence-electron chi connectivity index (χ1n) is 9.36. The van der Waals surface area contributed by atoms with Crippen molar-refractivity contribution in [1.29, 1.82) is 0 Å². The van der Waals surface area contributed by atoms with E-state index in [9.17, 15) is 15.0 Å². The van der Waals surface area contributed by atoms with Crippen molar-refractivity contribution in [1.82, 2.24) is 10.2 Å². The van der Waals surface area contributed by atoms with Crippen LogP contribution in [0.15, 0.2) is 42.0 Å². The summed E-state index contributed by atoms with van der Waals surface area (Å²) in [5.74, 6) is 0.810. The second-order valence-corrected chi connectivity index (χ2v) is 7.16. The maximum Gasteiger partial charge on any atom is 0.189 e. The lowest BCUT2D eigenvalue weighted by atomic mass is 10.0. The zero-order valence-electron chi connectivity index (χ0n) is 16.3. The number of carbonyl (C=O) groups excluding carboxylic acids is 1. The van der Waals surface area contributed by atoms with Crippen molar-refractivity contribution >= 4 is 11.9 Å². The Hall–Kier alpha value is -3.22. The third-order valence-electron chi connectivity index (χ3n) is 5.31. The van der Waals surface area contributed by atoms with Gasteiger partial charge >= 0.3 is 0 Å². The van der Waals surface area contributed by atoms with Gasteiger partial charge in [0.25, 0.3) is 0 Å². The number of H-pyrrole nitrogens is 1. The van der Waals surface area contributed by atoms with Gasteiger partial charge in [-0.25, -0.2) is 0 Å². The fraction of sp³-hybridized carbons (Fsp3) is 0.217. The number of benzene rings is 2. The maximum atomic E-state index is 12.8. The fourth-order valence-corrected chi connectivity index (χ4v) is 3.72. The Bertz CT molecular complexity index is 1130. The predicted octanol–water partition coefficient (Wildman–Crippen LogP) is 3.20. The van der Waals surface area contributed by atoms with Crippen LogP contribution in [0.25, 0.3) is 17.3 Å². The lowest BCUT2D eigenvalue weighted by molar-refractivity contribution is 0.104. The van der Waals surface area contributed by atoms with E-state index < -0.39 is 0 Å². The Morgan fingerprint density at radius 3 is 2.66 bits per heavy atom. The smallest absolute Gasteiger partial charge is 0.189 e. The highest BCUT2D eigenvalue weighted by Gasteiger charge is 2.26. The molecule has 0 atom stereocenters. The molecule has 29 heavy (non-hydrogen) atoms. The van der Waals surface area contributed by atoms with E-state index in [0.29, 0.717) is 28.8 Å². The van der Waals surface area contributed by atoms with E-state index in [1.165, 1.54) is 0 Å². The number of carbonyl (C=O) groups is 1. The molecule has 0 spiro atoms. The number of rotatable bonds is 5. The van der Waals surface area contributed by atoms with Crippen LogP contribution in [0.5, 0.6) is 5.75 Å². The van der Waals surface area contributed by atoms with Gasteiger partial charge in [-0.1, -0.05) is 12.1 Å². The fourth-order valence-electron chi connectivity index (χ4n) is 3.72. The topological polar surface area (TPSA) is 95.4 Å². The average molecular weight is 390 g/mol. The number of fused-ring (bicyclic) bond motifs is 1. The number of nitrogens with one attached hydrogen (secondary N) is 1. The number of aromatic nitrogens is 2. The molecule has 0 unspecified atom stereocenters.